The smallest absolute Gasteiger partial charge is 0.0186 e. The molecule has 10 heavy (non-hydrogen) atoms. The molecule has 1 heterocycles. The molecule has 1 fully saturated rings. The first kappa shape index (κ1) is 8.02. The molecule has 2 nitrogen and oxygen atoms in total. The fourth-order valence-corrected chi connectivity index (χ4v) is 1.48. The molecule has 60 valence electrons. The van der Waals surface area contributed by atoms with Gasteiger partial charge in [0.15, 0.2) is 0 Å². The van der Waals surface area contributed by atoms with Gasteiger partial charge in [-0.2, -0.15) is 0 Å². The van der Waals surface area contributed by atoms with Crippen LogP contribution in [0.2, 0.25) is 0 Å². The van der Waals surface area contributed by atoms with Crippen molar-refractivity contribution in [1.29, 1.82) is 0 Å². The lowest BCUT2D eigenvalue weighted by atomic mass is 10.1. The molecule has 1 unspecified atom stereocenters. The molecule has 1 rings (SSSR count). The molecule has 0 bridgehead atoms. The summed E-state index contributed by atoms with van der Waals surface area (Å²) in [6.07, 6.45) is 5.46. The molecular weight excluding hydrogens is 124 g/mol. The summed E-state index contributed by atoms with van der Waals surface area (Å²) in [5, 5.41) is 2.21. The minimum atomic E-state index is 0.672. The molecular formula is C8H18N2. The van der Waals surface area contributed by atoms with Crippen molar-refractivity contribution in [3.63, 3.8) is 0 Å². The van der Waals surface area contributed by atoms with Crippen molar-refractivity contribution < 1.29 is 0 Å². The Labute approximate surface area is 63.6 Å². The number of hydrogen-bond donors (Lipinski definition) is 1. The van der Waals surface area contributed by atoms with Gasteiger partial charge in [-0.1, -0.05) is 12.8 Å². The van der Waals surface area contributed by atoms with E-state index in [9.17, 15) is 0 Å². The summed E-state index contributed by atoms with van der Waals surface area (Å²) in [4.78, 5) is 0. The lowest BCUT2D eigenvalue weighted by Gasteiger charge is -2.25. The lowest BCUT2D eigenvalue weighted by Crippen LogP contribution is -2.42. The Balaban J connectivity index is 2.25. The quantitative estimate of drug-likeness (QED) is 0.550. The second-order valence-corrected chi connectivity index (χ2v) is 3.30. The predicted octanol–water partition coefficient (Wildman–Crippen LogP) is 1.39. The number of nitrogens with zero attached hydrogens (tertiary/aromatic N) is 1. The maximum atomic E-state index is 3.42. The first-order chi connectivity index (χ1) is 4.79. The maximum absolute atomic E-state index is 3.42. The topological polar surface area (TPSA) is 15.3 Å². The summed E-state index contributed by atoms with van der Waals surface area (Å²) in [7, 11) is 2.13. The minimum absolute atomic E-state index is 0.672. The van der Waals surface area contributed by atoms with E-state index in [0.717, 1.165) is 0 Å². The summed E-state index contributed by atoms with van der Waals surface area (Å²) >= 11 is 0. The van der Waals surface area contributed by atoms with Gasteiger partial charge < -0.3 is 0 Å². The molecule has 0 spiro atoms. The van der Waals surface area contributed by atoms with Gasteiger partial charge in [0.2, 0.25) is 0 Å². The molecule has 0 saturated carbocycles. The van der Waals surface area contributed by atoms with Gasteiger partial charge in [-0.05, 0) is 19.8 Å². The Morgan fingerprint density at radius 1 is 1.30 bits per heavy atom. The van der Waals surface area contributed by atoms with E-state index in [1.807, 2.05) is 0 Å². The van der Waals surface area contributed by atoms with E-state index in [4.69, 9.17) is 0 Å². The van der Waals surface area contributed by atoms with E-state index in [2.05, 4.69) is 24.4 Å². The fourth-order valence-electron chi connectivity index (χ4n) is 1.48. The molecule has 0 aromatic carbocycles. The number of hydrazine groups is 1. The van der Waals surface area contributed by atoms with E-state index in [-0.39, 0.29) is 0 Å². The minimum Gasteiger partial charge on any atom is -0.253 e. The van der Waals surface area contributed by atoms with Crippen LogP contribution in [0.5, 0.6) is 0 Å². The zero-order valence-corrected chi connectivity index (χ0v) is 7.06. The van der Waals surface area contributed by atoms with E-state index >= 15 is 0 Å². The highest BCUT2D eigenvalue weighted by molar-refractivity contribution is 4.62. The van der Waals surface area contributed by atoms with Gasteiger partial charge in [-0.3, -0.25) is 5.43 Å². The van der Waals surface area contributed by atoms with Crippen LogP contribution in [0, 0.1) is 0 Å². The third-order valence-corrected chi connectivity index (χ3v) is 2.07. The standard InChI is InChI=1S/C8H18N2/c1-8-6-4-3-5-7-10(2)9-8/h8-9H,3-7H2,1-2H3. The Hall–Kier alpha value is -0.0800. The van der Waals surface area contributed by atoms with Gasteiger partial charge in [-0.15, -0.1) is 0 Å². The van der Waals surface area contributed by atoms with Gasteiger partial charge in [0.25, 0.3) is 0 Å². The molecule has 0 amide bonds. The van der Waals surface area contributed by atoms with Crippen LogP contribution >= 0.6 is 0 Å². The van der Waals surface area contributed by atoms with Crippen molar-refractivity contribution >= 4 is 0 Å². The van der Waals surface area contributed by atoms with Crippen molar-refractivity contribution in [3.8, 4) is 0 Å². The van der Waals surface area contributed by atoms with Crippen LogP contribution in [-0.4, -0.2) is 24.6 Å². The molecule has 1 aliphatic heterocycles. The van der Waals surface area contributed by atoms with Crippen LogP contribution in [0.25, 0.3) is 0 Å². The third kappa shape index (κ3) is 2.67. The molecule has 0 aromatic rings. The number of hydrogen-bond acceptors (Lipinski definition) is 2. The predicted molar refractivity (Wildman–Crippen MR) is 43.7 cm³/mol. The SMILES string of the molecule is CC1CCCCCN(C)N1. The Kier molecular flexibility index (Phi) is 3.16. The van der Waals surface area contributed by atoms with Crippen LogP contribution in [0.3, 0.4) is 0 Å². The third-order valence-electron chi connectivity index (χ3n) is 2.07. The van der Waals surface area contributed by atoms with Crippen LogP contribution in [0.15, 0.2) is 0 Å². The highest BCUT2D eigenvalue weighted by atomic mass is 15.5. The monoisotopic (exact) mass is 142 g/mol. The van der Waals surface area contributed by atoms with E-state index < -0.39 is 0 Å². The Morgan fingerprint density at radius 2 is 2.10 bits per heavy atom. The van der Waals surface area contributed by atoms with Gasteiger partial charge in [0.05, 0.1) is 0 Å². The van der Waals surface area contributed by atoms with Gasteiger partial charge in [0, 0.05) is 19.6 Å². The summed E-state index contributed by atoms with van der Waals surface area (Å²) < 4.78 is 0. The maximum Gasteiger partial charge on any atom is 0.0186 e. The Morgan fingerprint density at radius 3 is 2.90 bits per heavy atom. The van der Waals surface area contributed by atoms with E-state index in [0.29, 0.717) is 6.04 Å². The molecule has 1 N–H and O–H groups in total. The first-order valence-electron chi connectivity index (χ1n) is 4.26. The number of rotatable bonds is 0. The first-order valence-corrected chi connectivity index (χ1v) is 4.26. The average Bonchev–Trinajstić information content (AvgIpc) is 1.83. The van der Waals surface area contributed by atoms with Gasteiger partial charge >= 0.3 is 0 Å². The second kappa shape index (κ2) is 3.94. The fraction of sp³-hybridized carbons (Fsp3) is 1.00. The molecule has 0 radical (unpaired) electrons. The average molecular weight is 142 g/mol. The van der Waals surface area contributed by atoms with Crippen molar-refractivity contribution in [2.45, 2.75) is 38.6 Å². The molecule has 0 aliphatic carbocycles. The largest absolute Gasteiger partial charge is 0.253 e. The second-order valence-electron chi connectivity index (χ2n) is 3.30. The van der Waals surface area contributed by atoms with Crippen molar-refractivity contribution in [2.24, 2.45) is 0 Å². The molecule has 1 saturated heterocycles. The highest BCUT2D eigenvalue weighted by Gasteiger charge is 2.07. The van der Waals surface area contributed by atoms with E-state index in [1.54, 1.807) is 0 Å². The van der Waals surface area contributed by atoms with Crippen molar-refractivity contribution in [1.82, 2.24) is 10.4 Å². The Bertz CT molecular complexity index is 83.3. The van der Waals surface area contributed by atoms with Crippen LogP contribution in [0.1, 0.15) is 32.6 Å². The van der Waals surface area contributed by atoms with Crippen LogP contribution in [0.4, 0.5) is 0 Å². The number of nitrogens with one attached hydrogen (secondary N) is 1. The lowest BCUT2D eigenvalue weighted by molar-refractivity contribution is 0.179. The zero-order chi connectivity index (χ0) is 7.40. The molecule has 1 aliphatic rings. The summed E-state index contributed by atoms with van der Waals surface area (Å²) in [6, 6.07) is 0.672. The van der Waals surface area contributed by atoms with Crippen LogP contribution in [-0.2, 0) is 0 Å². The zero-order valence-electron chi connectivity index (χ0n) is 7.06. The van der Waals surface area contributed by atoms with Crippen molar-refractivity contribution in [2.75, 3.05) is 13.6 Å². The molecule has 0 aromatic heterocycles. The summed E-state index contributed by atoms with van der Waals surface area (Å²) in [5.41, 5.74) is 3.42. The molecule has 2 heteroatoms. The normalized spacial score (nSPS) is 31.2. The van der Waals surface area contributed by atoms with E-state index in [1.165, 1.54) is 32.2 Å². The highest BCUT2D eigenvalue weighted by Crippen LogP contribution is 2.07. The summed E-state index contributed by atoms with van der Waals surface area (Å²) in [6.45, 7) is 3.45. The van der Waals surface area contributed by atoms with Gasteiger partial charge in [0.1, 0.15) is 0 Å². The van der Waals surface area contributed by atoms with Crippen molar-refractivity contribution in [3.05, 3.63) is 0 Å². The van der Waals surface area contributed by atoms with Gasteiger partial charge in [-0.25, -0.2) is 5.01 Å². The summed E-state index contributed by atoms with van der Waals surface area (Å²) in [5.74, 6) is 0. The molecule has 1 atom stereocenters. The van der Waals surface area contributed by atoms with Crippen LogP contribution < -0.4 is 5.43 Å².